The maximum Gasteiger partial charge on any atom is 0.0924 e. The van der Waals surface area contributed by atoms with Crippen LogP contribution < -0.4 is 0 Å². The smallest absolute Gasteiger partial charge is 0.0924 e. The first-order valence-corrected chi connectivity index (χ1v) is 12.0. The second-order valence-corrected chi connectivity index (χ2v) is 9.04. The molecule has 1 atom stereocenters. The van der Waals surface area contributed by atoms with E-state index in [0.29, 0.717) is 16.6 Å². The highest BCUT2D eigenvalue weighted by atomic mass is 35.5. The van der Waals surface area contributed by atoms with Crippen molar-refractivity contribution < 1.29 is 5.11 Å². The molecule has 3 rings (SSSR count). The van der Waals surface area contributed by atoms with E-state index in [1.165, 1.54) is 0 Å². The number of pyridine rings is 1. The van der Waals surface area contributed by atoms with E-state index in [1.807, 2.05) is 49.4 Å². The van der Waals surface area contributed by atoms with Crippen LogP contribution >= 0.6 is 23.2 Å². The quantitative estimate of drug-likeness (QED) is 0.342. The molecule has 0 saturated heterocycles. The Kier molecular flexibility index (Phi) is 8.74. The lowest BCUT2D eigenvalue weighted by molar-refractivity contribution is 0.112. The molecule has 0 amide bonds. The van der Waals surface area contributed by atoms with Crippen LogP contribution in [0.2, 0.25) is 10.0 Å². The molecule has 5 heteroatoms. The Morgan fingerprint density at radius 2 is 1.61 bits per heavy atom. The van der Waals surface area contributed by atoms with Crippen LogP contribution in [-0.2, 0) is 0 Å². The summed E-state index contributed by atoms with van der Waals surface area (Å²) in [7, 11) is 0. The van der Waals surface area contributed by atoms with Crippen molar-refractivity contribution in [3.63, 3.8) is 0 Å². The number of rotatable bonds is 10. The number of benzene rings is 2. The molecule has 1 heterocycles. The summed E-state index contributed by atoms with van der Waals surface area (Å²) in [6.07, 6.45) is 3.96. The topological polar surface area (TPSA) is 36.4 Å². The van der Waals surface area contributed by atoms with Crippen LogP contribution in [0.25, 0.3) is 22.2 Å². The Bertz CT molecular complexity index is 996. The number of fused-ring (bicyclic) bond motifs is 1. The number of aryl methyl sites for hydroxylation is 1. The molecule has 0 saturated carbocycles. The van der Waals surface area contributed by atoms with Gasteiger partial charge in [0.05, 0.1) is 17.3 Å². The third kappa shape index (κ3) is 5.98. The van der Waals surface area contributed by atoms with Crippen LogP contribution in [0.3, 0.4) is 0 Å². The van der Waals surface area contributed by atoms with Crippen LogP contribution in [0.5, 0.6) is 0 Å². The maximum atomic E-state index is 11.3. The second-order valence-electron chi connectivity index (χ2n) is 8.20. The second kappa shape index (κ2) is 11.3. The summed E-state index contributed by atoms with van der Waals surface area (Å²) < 4.78 is 0. The SMILES string of the molecule is CCCCN(CCCC)CC(O)c1cc(-c2ccc(Cl)cc2)nc2c(C)c(Cl)ccc12. The summed E-state index contributed by atoms with van der Waals surface area (Å²) in [5.41, 5.74) is 4.44. The highest BCUT2D eigenvalue weighted by molar-refractivity contribution is 6.32. The van der Waals surface area contributed by atoms with Gasteiger partial charge in [-0.25, -0.2) is 4.98 Å². The standard InChI is InChI=1S/C26H32Cl2N2O/c1-4-6-14-30(15-7-5-2)17-25(31)22-16-24(19-8-10-20(27)11-9-19)29-26-18(3)23(28)13-12-21(22)26/h8-13,16,25,31H,4-7,14-15,17H2,1-3H3. The first kappa shape index (κ1) is 24.0. The summed E-state index contributed by atoms with van der Waals surface area (Å²) in [5, 5.41) is 13.7. The van der Waals surface area contributed by atoms with Gasteiger partial charge in [-0.2, -0.15) is 0 Å². The van der Waals surface area contributed by atoms with Gasteiger partial charge in [0.1, 0.15) is 0 Å². The minimum absolute atomic E-state index is 0.606. The van der Waals surface area contributed by atoms with Gasteiger partial charge in [0.15, 0.2) is 0 Å². The fourth-order valence-corrected chi connectivity index (χ4v) is 4.15. The largest absolute Gasteiger partial charge is 0.387 e. The minimum Gasteiger partial charge on any atom is -0.387 e. The molecule has 1 N–H and O–H groups in total. The number of aliphatic hydroxyl groups is 1. The molecule has 0 aliphatic heterocycles. The van der Waals surface area contributed by atoms with Gasteiger partial charge < -0.3 is 10.0 Å². The third-order valence-electron chi connectivity index (χ3n) is 5.79. The van der Waals surface area contributed by atoms with E-state index in [2.05, 4.69) is 18.7 Å². The Labute approximate surface area is 196 Å². The molecule has 0 aliphatic rings. The number of nitrogens with zero attached hydrogens (tertiary/aromatic N) is 2. The summed E-state index contributed by atoms with van der Waals surface area (Å²) in [4.78, 5) is 7.29. The van der Waals surface area contributed by atoms with E-state index in [1.54, 1.807) is 0 Å². The van der Waals surface area contributed by atoms with Crippen LogP contribution in [0.1, 0.15) is 56.8 Å². The molecule has 31 heavy (non-hydrogen) atoms. The van der Waals surface area contributed by atoms with Crippen molar-refractivity contribution in [1.29, 1.82) is 0 Å². The highest BCUT2D eigenvalue weighted by Gasteiger charge is 2.19. The molecule has 166 valence electrons. The van der Waals surface area contributed by atoms with Crippen molar-refractivity contribution in [2.24, 2.45) is 0 Å². The molecule has 0 bridgehead atoms. The zero-order valence-corrected chi connectivity index (χ0v) is 20.2. The summed E-state index contributed by atoms with van der Waals surface area (Å²) in [6, 6.07) is 13.5. The molecule has 3 nitrogen and oxygen atoms in total. The molecule has 3 aromatic rings. The van der Waals surface area contributed by atoms with Crippen molar-refractivity contribution >= 4 is 34.1 Å². The van der Waals surface area contributed by atoms with Gasteiger partial charge in [-0.15, -0.1) is 0 Å². The normalized spacial score (nSPS) is 12.6. The zero-order valence-electron chi connectivity index (χ0n) is 18.7. The average Bonchev–Trinajstić information content (AvgIpc) is 2.78. The van der Waals surface area contributed by atoms with E-state index < -0.39 is 6.10 Å². The van der Waals surface area contributed by atoms with Crippen LogP contribution in [-0.4, -0.2) is 34.6 Å². The molecular weight excluding hydrogens is 427 g/mol. The van der Waals surface area contributed by atoms with Gasteiger partial charge in [-0.1, -0.05) is 68.1 Å². The van der Waals surface area contributed by atoms with Gasteiger partial charge >= 0.3 is 0 Å². The molecule has 0 radical (unpaired) electrons. The van der Waals surface area contributed by atoms with Crippen LogP contribution in [0, 0.1) is 6.92 Å². The van der Waals surface area contributed by atoms with Gasteiger partial charge in [0.2, 0.25) is 0 Å². The molecule has 0 spiro atoms. The lowest BCUT2D eigenvalue weighted by Gasteiger charge is -2.26. The summed E-state index contributed by atoms with van der Waals surface area (Å²) in [5.74, 6) is 0. The van der Waals surface area contributed by atoms with Crippen molar-refractivity contribution in [3.8, 4) is 11.3 Å². The fraction of sp³-hybridized carbons (Fsp3) is 0.423. The maximum absolute atomic E-state index is 11.3. The Hall–Kier alpha value is -1.65. The summed E-state index contributed by atoms with van der Waals surface area (Å²) in [6.45, 7) is 9.01. The van der Waals surface area contributed by atoms with Crippen molar-refractivity contribution in [3.05, 3.63) is 63.6 Å². The van der Waals surface area contributed by atoms with E-state index in [9.17, 15) is 5.11 Å². The third-order valence-corrected chi connectivity index (χ3v) is 6.45. The first-order valence-electron chi connectivity index (χ1n) is 11.2. The Balaban J connectivity index is 2.04. The fourth-order valence-electron chi connectivity index (χ4n) is 3.88. The predicted octanol–water partition coefficient (Wildman–Crippen LogP) is 7.45. The van der Waals surface area contributed by atoms with Gasteiger partial charge in [-0.3, -0.25) is 0 Å². The molecule has 0 aliphatic carbocycles. The summed E-state index contributed by atoms with van der Waals surface area (Å²) >= 11 is 12.5. The van der Waals surface area contributed by atoms with Crippen molar-refractivity contribution in [1.82, 2.24) is 9.88 Å². The molecule has 0 fully saturated rings. The van der Waals surface area contributed by atoms with Gasteiger partial charge in [0.25, 0.3) is 0 Å². The van der Waals surface area contributed by atoms with Crippen molar-refractivity contribution in [2.45, 2.75) is 52.6 Å². The number of hydrogen-bond donors (Lipinski definition) is 1. The number of unbranched alkanes of at least 4 members (excludes halogenated alkanes) is 2. The highest BCUT2D eigenvalue weighted by Crippen LogP contribution is 2.33. The Morgan fingerprint density at radius 3 is 2.23 bits per heavy atom. The number of aliphatic hydroxyl groups excluding tert-OH is 1. The van der Waals surface area contributed by atoms with Crippen molar-refractivity contribution in [2.75, 3.05) is 19.6 Å². The molecule has 1 unspecified atom stereocenters. The van der Waals surface area contributed by atoms with Gasteiger partial charge in [-0.05, 0) is 68.2 Å². The van der Waals surface area contributed by atoms with E-state index in [0.717, 1.165) is 72.1 Å². The monoisotopic (exact) mass is 458 g/mol. The molecular formula is C26H32Cl2N2O. The number of aromatic nitrogens is 1. The number of halogens is 2. The van der Waals surface area contributed by atoms with E-state index in [-0.39, 0.29) is 0 Å². The lowest BCUT2D eigenvalue weighted by Crippen LogP contribution is -2.31. The number of hydrogen-bond acceptors (Lipinski definition) is 3. The van der Waals surface area contributed by atoms with Crippen LogP contribution in [0.4, 0.5) is 0 Å². The van der Waals surface area contributed by atoms with Crippen LogP contribution in [0.15, 0.2) is 42.5 Å². The van der Waals surface area contributed by atoms with E-state index >= 15 is 0 Å². The van der Waals surface area contributed by atoms with Gasteiger partial charge in [0, 0.05) is 27.5 Å². The predicted molar refractivity (Wildman–Crippen MR) is 133 cm³/mol. The zero-order chi connectivity index (χ0) is 22.4. The first-order chi connectivity index (χ1) is 14.9. The average molecular weight is 459 g/mol. The molecule has 2 aromatic carbocycles. The van der Waals surface area contributed by atoms with E-state index in [4.69, 9.17) is 28.2 Å². The molecule has 1 aromatic heterocycles. The Morgan fingerprint density at radius 1 is 0.968 bits per heavy atom. The minimum atomic E-state index is -0.606. The lowest BCUT2D eigenvalue weighted by atomic mass is 9.98.